The van der Waals surface area contributed by atoms with Crippen LogP contribution in [0.4, 0.5) is 0 Å². The smallest absolute Gasteiger partial charge is 0.0969 e. The highest BCUT2D eigenvalue weighted by Crippen LogP contribution is 2.30. The van der Waals surface area contributed by atoms with Crippen LogP contribution in [0, 0.1) is 24.7 Å². The van der Waals surface area contributed by atoms with Crippen LogP contribution in [-0.4, -0.2) is 33.2 Å². The summed E-state index contributed by atoms with van der Waals surface area (Å²) in [5, 5.41) is 22.1. The van der Waals surface area contributed by atoms with E-state index in [9.17, 15) is 14.4 Å². The molecular formula is C23H37NO3S. The third-order valence-electron chi connectivity index (χ3n) is 5.85. The molecule has 0 aromatic heterocycles. The van der Waals surface area contributed by atoms with Gasteiger partial charge in [-0.05, 0) is 43.7 Å². The zero-order chi connectivity index (χ0) is 20.7. The lowest BCUT2D eigenvalue weighted by molar-refractivity contribution is 0.0557. The predicted octanol–water partition coefficient (Wildman–Crippen LogP) is 4.93. The molecular weight excluding hydrogens is 370 g/mol. The van der Waals surface area contributed by atoms with Crippen molar-refractivity contribution in [3.63, 3.8) is 0 Å². The van der Waals surface area contributed by atoms with Crippen LogP contribution in [-0.2, 0) is 9.73 Å². The second-order valence-corrected chi connectivity index (χ2v) is 10.6. The molecule has 0 saturated heterocycles. The molecule has 4 nitrogen and oxygen atoms in total. The zero-order valence-corrected chi connectivity index (χ0v) is 18.6. The van der Waals surface area contributed by atoms with Gasteiger partial charge in [-0.2, -0.15) is 0 Å². The molecule has 5 heteroatoms. The summed E-state index contributed by atoms with van der Waals surface area (Å²) in [5.41, 5.74) is 1.10. The summed E-state index contributed by atoms with van der Waals surface area (Å²) in [6.45, 7) is 7.79. The molecule has 4 atom stereocenters. The molecule has 0 aliphatic heterocycles. The summed E-state index contributed by atoms with van der Waals surface area (Å²) in [5.74, 6) is 0.327. The molecule has 1 fully saturated rings. The van der Waals surface area contributed by atoms with Crippen LogP contribution in [0.15, 0.2) is 45.0 Å². The van der Waals surface area contributed by atoms with Crippen molar-refractivity contribution in [1.29, 1.82) is 0 Å². The number of hydrogen-bond acceptors (Lipinski definition) is 4. The summed E-state index contributed by atoms with van der Waals surface area (Å²) >= 11 is 0. The summed E-state index contributed by atoms with van der Waals surface area (Å²) in [4.78, 5) is 0.646. The molecule has 28 heavy (non-hydrogen) atoms. The third kappa shape index (κ3) is 6.16. The first-order valence-electron chi connectivity index (χ1n) is 10.6. The maximum atomic E-state index is 13.8. The van der Waals surface area contributed by atoms with E-state index in [2.05, 4.69) is 4.36 Å². The Morgan fingerprint density at radius 2 is 1.75 bits per heavy atom. The number of hydrogen-bond donors (Lipinski definition) is 2. The van der Waals surface area contributed by atoms with E-state index in [-0.39, 0.29) is 18.4 Å². The van der Waals surface area contributed by atoms with Gasteiger partial charge in [0.2, 0.25) is 0 Å². The van der Waals surface area contributed by atoms with Gasteiger partial charge in [0.1, 0.15) is 0 Å². The highest BCUT2D eigenvalue weighted by atomic mass is 32.2. The predicted molar refractivity (Wildman–Crippen MR) is 117 cm³/mol. The maximum Gasteiger partial charge on any atom is 0.0969 e. The number of aliphatic hydroxyl groups is 2. The molecule has 1 aromatic carbocycles. The van der Waals surface area contributed by atoms with Crippen LogP contribution in [0.5, 0.6) is 0 Å². The van der Waals surface area contributed by atoms with E-state index in [1.807, 2.05) is 58.0 Å². The number of aryl methyl sites for hydroxylation is 1. The Bertz CT molecular complexity index is 742. The highest BCUT2D eigenvalue weighted by Gasteiger charge is 2.25. The molecule has 1 unspecified atom stereocenters. The Morgan fingerprint density at radius 3 is 2.29 bits per heavy atom. The highest BCUT2D eigenvalue weighted by molar-refractivity contribution is 7.96. The van der Waals surface area contributed by atoms with E-state index in [1.54, 1.807) is 5.41 Å². The van der Waals surface area contributed by atoms with Crippen LogP contribution in [0.1, 0.15) is 58.4 Å². The van der Waals surface area contributed by atoms with Crippen molar-refractivity contribution >= 4 is 9.73 Å². The zero-order valence-electron chi connectivity index (χ0n) is 17.8. The SMILES string of the molecule is Cc1ccc(S(=O)(/C=C/[C@@H](C)[C@@H](O)C2CCCCC2)=N[C@H](CO)C(C)C)cc1. The van der Waals surface area contributed by atoms with Crippen LogP contribution >= 0.6 is 0 Å². The minimum atomic E-state index is -2.83. The van der Waals surface area contributed by atoms with Crippen molar-refractivity contribution in [2.24, 2.45) is 22.1 Å². The molecule has 1 aliphatic carbocycles. The molecule has 1 aromatic rings. The topological polar surface area (TPSA) is 69.9 Å². The van der Waals surface area contributed by atoms with Crippen molar-refractivity contribution in [1.82, 2.24) is 0 Å². The average molecular weight is 408 g/mol. The van der Waals surface area contributed by atoms with E-state index >= 15 is 0 Å². The number of nitrogens with zero attached hydrogens (tertiary/aromatic N) is 1. The van der Waals surface area contributed by atoms with Gasteiger partial charge < -0.3 is 10.2 Å². The number of benzene rings is 1. The Kier molecular flexibility index (Phi) is 8.72. The molecule has 0 heterocycles. The fraction of sp³-hybridized carbons (Fsp3) is 0.652. The number of rotatable bonds is 8. The molecule has 0 radical (unpaired) electrons. The summed E-state index contributed by atoms with van der Waals surface area (Å²) in [7, 11) is -2.83. The van der Waals surface area contributed by atoms with Gasteiger partial charge in [0.25, 0.3) is 0 Å². The van der Waals surface area contributed by atoms with Gasteiger partial charge in [-0.15, -0.1) is 0 Å². The lowest BCUT2D eigenvalue weighted by Gasteiger charge is -2.29. The Morgan fingerprint density at radius 1 is 1.14 bits per heavy atom. The van der Waals surface area contributed by atoms with E-state index in [4.69, 9.17) is 0 Å². The second kappa shape index (κ2) is 10.6. The van der Waals surface area contributed by atoms with Crippen molar-refractivity contribution in [3.8, 4) is 0 Å². The molecule has 2 N–H and O–H groups in total. The average Bonchev–Trinajstić information content (AvgIpc) is 2.70. The maximum absolute atomic E-state index is 13.8. The van der Waals surface area contributed by atoms with E-state index in [1.165, 1.54) is 19.3 Å². The quantitative estimate of drug-likeness (QED) is 0.642. The summed E-state index contributed by atoms with van der Waals surface area (Å²) < 4.78 is 18.4. The standard InChI is InChI=1S/C23H37NO3S/c1-17(2)22(16-25)24-28(27,21-12-10-18(3)11-13-21)15-14-19(4)23(26)20-8-6-5-7-9-20/h10-15,17,19-20,22-23,25-26H,5-9,16H2,1-4H3/b15-14+/t19-,22-,23-,28?/m1/s1. The minimum absolute atomic E-state index is 0.0869. The Balaban J connectivity index is 2.33. The second-order valence-electron chi connectivity index (χ2n) is 8.56. The summed E-state index contributed by atoms with van der Waals surface area (Å²) in [6.07, 6.45) is 7.19. The molecule has 0 spiro atoms. The fourth-order valence-corrected chi connectivity index (χ4v) is 5.77. The van der Waals surface area contributed by atoms with Gasteiger partial charge in [0, 0.05) is 11.3 Å². The minimum Gasteiger partial charge on any atom is -0.394 e. The van der Waals surface area contributed by atoms with Crippen LogP contribution < -0.4 is 0 Å². The molecule has 158 valence electrons. The van der Waals surface area contributed by atoms with E-state index in [0.717, 1.165) is 18.4 Å². The normalized spacial score (nSPS) is 21.4. The largest absolute Gasteiger partial charge is 0.394 e. The molecule has 0 amide bonds. The first kappa shape index (κ1) is 23.1. The Labute approximate surface area is 171 Å². The summed E-state index contributed by atoms with van der Waals surface area (Å²) in [6, 6.07) is 7.17. The van der Waals surface area contributed by atoms with Gasteiger partial charge in [-0.1, -0.05) is 63.8 Å². The first-order chi connectivity index (χ1) is 13.3. The van der Waals surface area contributed by atoms with Crippen molar-refractivity contribution < 1.29 is 14.4 Å². The van der Waals surface area contributed by atoms with E-state index < -0.39 is 21.9 Å². The monoisotopic (exact) mass is 407 g/mol. The molecule has 0 bridgehead atoms. The molecule has 2 rings (SSSR count). The number of aliphatic hydroxyl groups excluding tert-OH is 2. The first-order valence-corrected chi connectivity index (χ1v) is 12.1. The van der Waals surface area contributed by atoms with Crippen molar-refractivity contribution in [2.75, 3.05) is 6.61 Å². The lowest BCUT2D eigenvalue weighted by Crippen LogP contribution is -2.28. The lowest BCUT2D eigenvalue weighted by atomic mass is 9.81. The van der Waals surface area contributed by atoms with Crippen LogP contribution in [0.3, 0.4) is 0 Å². The molecule has 1 saturated carbocycles. The van der Waals surface area contributed by atoms with Gasteiger partial charge in [0.05, 0.1) is 33.4 Å². The third-order valence-corrected chi connectivity index (χ3v) is 7.90. The van der Waals surface area contributed by atoms with Gasteiger partial charge in [0.15, 0.2) is 0 Å². The molecule has 1 aliphatic rings. The fourth-order valence-electron chi connectivity index (χ4n) is 3.72. The van der Waals surface area contributed by atoms with Crippen LogP contribution in [0.2, 0.25) is 0 Å². The van der Waals surface area contributed by atoms with E-state index in [0.29, 0.717) is 10.8 Å². The Hall–Kier alpha value is -1.17. The van der Waals surface area contributed by atoms with Gasteiger partial charge in [-0.3, -0.25) is 0 Å². The van der Waals surface area contributed by atoms with Gasteiger partial charge >= 0.3 is 0 Å². The van der Waals surface area contributed by atoms with Gasteiger partial charge in [-0.25, -0.2) is 8.57 Å². The van der Waals surface area contributed by atoms with Crippen molar-refractivity contribution in [2.45, 2.75) is 76.8 Å². The van der Waals surface area contributed by atoms with Crippen LogP contribution in [0.25, 0.3) is 0 Å². The van der Waals surface area contributed by atoms with Crippen molar-refractivity contribution in [3.05, 3.63) is 41.3 Å².